The average Bonchev–Trinajstić information content (AvgIpc) is 3.03. The van der Waals surface area contributed by atoms with Crippen LogP contribution in [0.3, 0.4) is 0 Å². The van der Waals surface area contributed by atoms with E-state index in [4.69, 9.17) is 9.26 Å². The molecule has 1 fully saturated rings. The molecule has 0 radical (unpaired) electrons. The molecule has 0 bridgehead atoms. The van der Waals surface area contributed by atoms with Gasteiger partial charge in [0.15, 0.2) is 5.82 Å². The number of aryl methyl sites for hydroxylation is 1. The fourth-order valence-corrected chi connectivity index (χ4v) is 2.96. The minimum absolute atomic E-state index is 0.0400. The Labute approximate surface area is 147 Å². The number of urea groups is 1. The van der Waals surface area contributed by atoms with Crippen molar-refractivity contribution in [2.75, 3.05) is 18.4 Å². The van der Waals surface area contributed by atoms with Gasteiger partial charge >= 0.3 is 6.03 Å². The summed E-state index contributed by atoms with van der Waals surface area (Å²) in [6.45, 7) is 7.00. The molecule has 1 aromatic carbocycles. The maximum absolute atomic E-state index is 12.7. The molecule has 134 valence electrons. The summed E-state index contributed by atoms with van der Waals surface area (Å²) in [6, 6.07) is 7.33. The number of carbonyl (C=O) groups excluding carboxylic acids is 1. The topological polar surface area (TPSA) is 80.5 Å². The molecule has 0 spiro atoms. The molecule has 0 aliphatic carbocycles. The minimum Gasteiger partial charge on any atom is -0.489 e. The third kappa shape index (κ3) is 4.29. The number of nitrogens with zero attached hydrogens (tertiary/aromatic N) is 3. The Hall–Kier alpha value is -2.57. The van der Waals surface area contributed by atoms with Gasteiger partial charge in [-0.3, -0.25) is 0 Å². The van der Waals surface area contributed by atoms with Crippen LogP contribution in [0, 0.1) is 6.92 Å². The molecular weight excluding hydrogens is 320 g/mol. The normalized spacial score (nSPS) is 17.6. The Bertz CT molecular complexity index is 729. The number of hydrogen-bond acceptors (Lipinski definition) is 5. The molecule has 0 saturated carbocycles. The number of nitrogens with one attached hydrogen (secondary N) is 1. The van der Waals surface area contributed by atoms with Crippen LogP contribution in [0.25, 0.3) is 0 Å². The summed E-state index contributed by atoms with van der Waals surface area (Å²) in [5.41, 5.74) is 0.678. The van der Waals surface area contributed by atoms with Gasteiger partial charge in [-0.2, -0.15) is 4.98 Å². The first-order valence-corrected chi connectivity index (χ1v) is 8.64. The quantitative estimate of drug-likeness (QED) is 0.917. The molecular formula is C18H24N4O3. The average molecular weight is 344 g/mol. The van der Waals surface area contributed by atoms with Gasteiger partial charge in [-0.15, -0.1) is 0 Å². The van der Waals surface area contributed by atoms with Crippen LogP contribution in [0.15, 0.2) is 28.8 Å². The number of hydrogen-bond donors (Lipinski definition) is 1. The van der Waals surface area contributed by atoms with Gasteiger partial charge in [0.1, 0.15) is 5.75 Å². The first kappa shape index (κ1) is 17.3. The smallest absolute Gasteiger partial charge is 0.321 e. The monoisotopic (exact) mass is 344 g/mol. The van der Waals surface area contributed by atoms with E-state index in [9.17, 15) is 4.79 Å². The zero-order valence-electron chi connectivity index (χ0n) is 14.9. The molecule has 7 heteroatoms. The number of aromatic nitrogens is 2. The molecule has 2 amide bonds. The lowest BCUT2D eigenvalue weighted by molar-refractivity contribution is 0.183. The van der Waals surface area contributed by atoms with Crippen molar-refractivity contribution < 1.29 is 14.1 Å². The summed E-state index contributed by atoms with van der Waals surface area (Å²) in [6.07, 6.45) is 1.89. The largest absolute Gasteiger partial charge is 0.489 e. The summed E-state index contributed by atoms with van der Waals surface area (Å²) < 4.78 is 11.0. The van der Waals surface area contributed by atoms with Gasteiger partial charge in [-0.1, -0.05) is 17.3 Å². The van der Waals surface area contributed by atoms with E-state index in [1.165, 1.54) is 0 Å². The Morgan fingerprint density at radius 1 is 1.40 bits per heavy atom. The summed E-state index contributed by atoms with van der Waals surface area (Å²) in [5.74, 6) is 1.99. The maximum atomic E-state index is 12.7. The van der Waals surface area contributed by atoms with Crippen LogP contribution < -0.4 is 10.1 Å². The van der Waals surface area contributed by atoms with Gasteiger partial charge in [-0.05, 0) is 45.7 Å². The Morgan fingerprint density at radius 2 is 2.20 bits per heavy atom. The lowest BCUT2D eigenvalue weighted by atomic mass is 9.98. The molecule has 1 atom stereocenters. The molecule has 0 unspecified atom stereocenters. The zero-order valence-corrected chi connectivity index (χ0v) is 14.9. The van der Waals surface area contributed by atoms with Gasteiger partial charge in [0, 0.05) is 13.1 Å². The van der Waals surface area contributed by atoms with Crippen LogP contribution in [0.5, 0.6) is 5.75 Å². The van der Waals surface area contributed by atoms with Crippen molar-refractivity contribution in [1.29, 1.82) is 0 Å². The van der Waals surface area contributed by atoms with Gasteiger partial charge in [0.05, 0.1) is 17.7 Å². The van der Waals surface area contributed by atoms with Crippen LogP contribution in [0.2, 0.25) is 0 Å². The predicted octanol–water partition coefficient (Wildman–Crippen LogP) is 3.58. The highest BCUT2D eigenvalue weighted by molar-refractivity contribution is 5.91. The maximum Gasteiger partial charge on any atom is 0.321 e. The zero-order chi connectivity index (χ0) is 17.8. The third-order valence-electron chi connectivity index (χ3n) is 4.09. The fraction of sp³-hybridized carbons (Fsp3) is 0.500. The van der Waals surface area contributed by atoms with E-state index in [2.05, 4.69) is 15.5 Å². The molecule has 2 aromatic rings. The number of rotatable bonds is 4. The van der Waals surface area contributed by atoms with E-state index in [1.54, 1.807) is 11.8 Å². The number of piperidine rings is 1. The highest BCUT2D eigenvalue weighted by atomic mass is 16.5. The van der Waals surface area contributed by atoms with Crippen LogP contribution in [0.4, 0.5) is 10.5 Å². The standard InChI is InChI=1S/C18H24N4O3/c1-12(2)24-16-9-5-4-8-15(16)20-18(23)22-10-6-7-14(11-22)17-19-13(3)21-25-17/h4-5,8-9,12,14H,6-7,10-11H2,1-3H3,(H,20,23)/t14-/m1/s1. The van der Waals surface area contributed by atoms with E-state index < -0.39 is 0 Å². The van der Waals surface area contributed by atoms with Crippen LogP contribution in [-0.4, -0.2) is 40.3 Å². The molecule has 1 N–H and O–H groups in total. The van der Waals surface area contributed by atoms with E-state index in [0.29, 0.717) is 36.2 Å². The molecule has 1 aliphatic heterocycles. The van der Waals surface area contributed by atoms with Crippen molar-refractivity contribution in [1.82, 2.24) is 15.0 Å². The first-order chi connectivity index (χ1) is 12.0. The number of para-hydroxylation sites is 2. The second-order valence-electron chi connectivity index (χ2n) is 6.56. The van der Waals surface area contributed by atoms with E-state index in [0.717, 1.165) is 12.8 Å². The van der Waals surface area contributed by atoms with Crippen molar-refractivity contribution in [3.8, 4) is 5.75 Å². The summed E-state index contributed by atoms with van der Waals surface area (Å²) >= 11 is 0. The van der Waals surface area contributed by atoms with Crippen LogP contribution >= 0.6 is 0 Å². The SMILES string of the molecule is Cc1noc([C@@H]2CCCN(C(=O)Nc3ccccc3OC(C)C)C2)n1. The van der Waals surface area contributed by atoms with Gasteiger partial charge < -0.3 is 19.5 Å². The second kappa shape index (κ2) is 7.55. The first-order valence-electron chi connectivity index (χ1n) is 8.64. The number of ether oxygens (including phenoxy) is 1. The molecule has 3 rings (SSSR count). The Morgan fingerprint density at radius 3 is 2.92 bits per heavy atom. The second-order valence-corrected chi connectivity index (χ2v) is 6.56. The van der Waals surface area contributed by atoms with Gasteiger partial charge in [0.25, 0.3) is 0 Å². The summed E-state index contributed by atoms with van der Waals surface area (Å²) in [4.78, 5) is 18.8. The number of likely N-dealkylation sites (tertiary alicyclic amines) is 1. The van der Waals surface area contributed by atoms with Gasteiger partial charge in [-0.25, -0.2) is 4.79 Å². The molecule has 2 heterocycles. The van der Waals surface area contributed by atoms with Crippen molar-refractivity contribution in [2.45, 2.75) is 45.6 Å². The number of amides is 2. The molecule has 7 nitrogen and oxygen atoms in total. The summed E-state index contributed by atoms with van der Waals surface area (Å²) in [5, 5.41) is 6.81. The van der Waals surface area contributed by atoms with E-state index in [1.807, 2.05) is 38.1 Å². The Balaban J connectivity index is 1.67. The number of benzene rings is 1. The predicted molar refractivity (Wildman–Crippen MR) is 93.8 cm³/mol. The van der Waals surface area contributed by atoms with Crippen molar-refractivity contribution >= 4 is 11.7 Å². The van der Waals surface area contributed by atoms with Crippen LogP contribution in [0.1, 0.15) is 44.3 Å². The highest BCUT2D eigenvalue weighted by Gasteiger charge is 2.28. The Kier molecular flexibility index (Phi) is 5.21. The minimum atomic E-state index is -0.138. The fourth-order valence-electron chi connectivity index (χ4n) is 2.96. The number of anilines is 1. The summed E-state index contributed by atoms with van der Waals surface area (Å²) in [7, 11) is 0. The molecule has 1 aromatic heterocycles. The third-order valence-corrected chi connectivity index (χ3v) is 4.09. The van der Waals surface area contributed by atoms with E-state index in [-0.39, 0.29) is 18.1 Å². The lowest BCUT2D eigenvalue weighted by Crippen LogP contribution is -2.41. The highest BCUT2D eigenvalue weighted by Crippen LogP contribution is 2.28. The molecule has 1 aliphatic rings. The molecule has 25 heavy (non-hydrogen) atoms. The van der Waals surface area contributed by atoms with Crippen molar-refractivity contribution in [3.63, 3.8) is 0 Å². The lowest BCUT2D eigenvalue weighted by Gasteiger charge is -2.31. The van der Waals surface area contributed by atoms with Crippen molar-refractivity contribution in [2.24, 2.45) is 0 Å². The van der Waals surface area contributed by atoms with Crippen LogP contribution in [-0.2, 0) is 0 Å². The van der Waals surface area contributed by atoms with Crippen molar-refractivity contribution in [3.05, 3.63) is 36.0 Å². The van der Waals surface area contributed by atoms with E-state index >= 15 is 0 Å². The number of carbonyl (C=O) groups is 1. The molecule has 1 saturated heterocycles. The van der Waals surface area contributed by atoms with Gasteiger partial charge in [0.2, 0.25) is 5.89 Å².